The molecule has 1 saturated carbocycles. The van der Waals surface area contributed by atoms with Crippen LogP contribution in [0.3, 0.4) is 0 Å². The first kappa shape index (κ1) is 17.5. The number of likely N-dealkylation sites (tertiary alicyclic amines) is 1. The Morgan fingerprint density at radius 2 is 1.92 bits per heavy atom. The topological polar surface area (TPSA) is 68.3 Å². The van der Waals surface area contributed by atoms with E-state index in [4.69, 9.17) is 9.84 Å². The van der Waals surface area contributed by atoms with E-state index in [1.807, 2.05) is 25.0 Å². The number of hydrogen-bond donors (Lipinski definition) is 1. The van der Waals surface area contributed by atoms with Gasteiger partial charge in [0.05, 0.1) is 18.1 Å². The van der Waals surface area contributed by atoms with Gasteiger partial charge in [-0.1, -0.05) is 19.3 Å². The van der Waals surface area contributed by atoms with Gasteiger partial charge < -0.3 is 9.84 Å². The molecular formula is C19H29N5O2. The zero-order valence-corrected chi connectivity index (χ0v) is 15.7. The summed E-state index contributed by atoms with van der Waals surface area (Å²) in [6, 6.07) is 0. The van der Waals surface area contributed by atoms with E-state index in [-0.39, 0.29) is 6.10 Å². The first-order valence-electron chi connectivity index (χ1n) is 9.66. The molecule has 2 fully saturated rings. The van der Waals surface area contributed by atoms with Gasteiger partial charge in [0.25, 0.3) is 0 Å². The van der Waals surface area contributed by atoms with Crippen molar-refractivity contribution in [1.82, 2.24) is 24.5 Å². The molecule has 7 heteroatoms. The van der Waals surface area contributed by atoms with E-state index in [9.17, 15) is 5.11 Å². The SMILES string of the molecule is Cn1cc(O[C@@H]2CN(Cc3cn(C)nc3C3CCCCC3)C[C@H]2O)cn1. The summed E-state index contributed by atoms with van der Waals surface area (Å²) in [6.45, 7) is 2.17. The van der Waals surface area contributed by atoms with Crippen LogP contribution in [0.25, 0.3) is 0 Å². The molecule has 0 spiro atoms. The maximum atomic E-state index is 10.4. The van der Waals surface area contributed by atoms with E-state index in [0.29, 0.717) is 18.2 Å². The number of β-amino-alcohol motifs (C(OH)–C–C–N with tert-alkyl or cyclic N) is 1. The Labute approximate surface area is 154 Å². The summed E-state index contributed by atoms with van der Waals surface area (Å²) in [7, 11) is 3.86. The van der Waals surface area contributed by atoms with Crippen molar-refractivity contribution in [3.8, 4) is 5.75 Å². The first-order chi connectivity index (χ1) is 12.6. The fourth-order valence-corrected chi connectivity index (χ4v) is 4.35. The summed E-state index contributed by atoms with van der Waals surface area (Å²) in [6.07, 6.45) is 11.4. The number of aliphatic hydroxyl groups is 1. The second-order valence-corrected chi connectivity index (χ2v) is 7.82. The summed E-state index contributed by atoms with van der Waals surface area (Å²) in [5.41, 5.74) is 2.56. The largest absolute Gasteiger partial charge is 0.483 e. The van der Waals surface area contributed by atoms with E-state index < -0.39 is 6.10 Å². The van der Waals surface area contributed by atoms with Crippen molar-refractivity contribution in [3.05, 3.63) is 29.8 Å². The van der Waals surface area contributed by atoms with Gasteiger partial charge in [-0.25, -0.2) is 0 Å². The molecule has 2 aromatic heterocycles. The van der Waals surface area contributed by atoms with Gasteiger partial charge in [0, 0.05) is 51.4 Å². The average Bonchev–Trinajstić information content (AvgIpc) is 3.29. The molecule has 1 saturated heterocycles. The van der Waals surface area contributed by atoms with Crippen molar-refractivity contribution in [3.63, 3.8) is 0 Å². The van der Waals surface area contributed by atoms with Crippen LogP contribution in [0, 0.1) is 0 Å². The average molecular weight is 359 g/mol. The number of ether oxygens (including phenoxy) is 1. The maximum absolute atomic E-state index is 10.4. The highest BCUT2D eigenvalue weighted by Crippen LogP contribution is 2.34. The lowest BCUT2D eigenvalue weighted by atomic mass is 9.85. The standard InChI is InChI=1S/C19H29N5O2/c1-22-11-16(8-20-22)26-18-13-24(12-17(18)25)10-15-9-23(2)21-19(15)14-6-4-3-5-7-14/h8-9,11,14,17-18,25H,3-7,10,12-13H2,1-2H3/t17-,18-/m1/s1. The monoisotopic (exact) mass is 359 g/mol. The van der Waals surface area contributed by atoms with E-state index in [2.05, 4.69) is 16.2 Å². The molecule has 1 aliphatic heterocycles. The minimum Gasteiger partial charge on any atom is -0.483 e. The minimum atomic E-state index is -0.481. The van der Waals surface area contributed by atoms with Crippen molar-refractivity contribution in [1.29, 1.82) is 0 Å². The summed E-state index contributed by atoms with van der Waals surface area (Å²) < 4.78 is 9.58. The molecule has 1 aliphatic carbocycles. The smallest absolute Gasteiger partial charge is 0.157 e. The normalized spacial score (nSPS) is 25.0. The molecule has 4 rings (SSSR count). The summed E-state index contributed by atoms with van der Waals surface area (Å²) >= 11 is 0. The van der Waals surface area contributed by atoms with Gasteiger partial charge in [0.15, 0.2) is 5.75 Å². The molecule has 1 N–H and O–H groups in total. The number of rotatable bonds is 5. The second-order valence-electron chi connectivity index (χ2n) is 7.82. The molecule has 2 aromatic rings. The van der Waals surface area contributed by atoms with E-state index in [0.717, 1.165) is 13.1 Å². The predicted molar refractivity (Wildman–Crippen MR) is 97.9 cm³/mol. The van der Waals surface area contributed by atoms with Crippen LogP contribution in [0.4, 0.5) is 0 Å². The van der Waals surface area contributed by atoms with Crippen molar-refractivity contribution < 1.29 is 9.84 Å². The zero-order valence-electron chi connectivity index (χ0n) is 15.7. The van der Waals surface area contributed by atoms with Gasteiger partial charge in [-0.05, 0) is 12.8 Å². The quantitative estimate of drug-likeness (QED) is 0.882. The Bertz CT molecular complexity index is 734. The van der Waals surface area contributed by atoms with Crippen molar-refractivity contribution >= 4 is 0 Å². The molecule has 2 aliphatic rings. The minimum absolute atomic E-state index is 0.214. The third-order valence-corrected chi connectivity index (χ3v) is 5.60. The van der Waals surface area contributed by atoms with Crippen molar-refractivity contribution in [2.75, 3.05) is 13.1 Å². The molecule has 142 valence electrons. The van der Waals surface area contributed by atoms with Crippen LogP contribution in [0.5, 0.6) is 5.75 Å². The van der Waals surface area contributed by atoms with Crippen molar-refractivity contribution in [2.24, 2.45) is 14.1 Å². The second kappa shape index (κ2) is 7.40. The fourth-order valence-electron chi connectivity index (χ4n) is 4.35. The van der Waals surface area contributed by atoms with Crippen LogP contribution >= 0.6 is 0 Å². The zero-order chi connectivity index (χ0) is 18.1. The lowest BCUT2D eigenvalue weighted by molar-refractivity contribution is 0.0736. The van der Waals surface area contributed by atoms with Gasteiger partial charge >= 0.3 is 0 Å². The van der Waals surface area contributed by atoms with Crippen LogP contribution in [-0.4, -0.2) is 54.9 Å². The molecule has 0 amide bonds. The van der Waals surface area contributed by atoms with Gasteiger partial charge in [-0.15, -0.1) is 0 Å². The number of nitrogens with zero attached hydrogens (tertiary/aromatic N) is 5. The third-order valence-electron chi connectivity index (χ3n) is 5.60. The molecule has 0 bridgehead atoms. The Morgan fingerprint density at radius 1 is 1.12 bits per heavy atom. The number of hydrogen-bond acceptors (Lipinski definition) is 5. The summed E-state index contributed by atoms with van der Waals surface area (Å²) in [5.74, 6) is 1.30. The molecule has 7 nitrogen and oxygen atoms in total. The van der Waals surface area contributed by atoms with Crippen LogP contribution in [0.15, 0.2) is 18.6 Å². The Balaban J connectivity index is 1.41. The van der Waals surface area contributed by atoms with Gasteiger partial charge in [-0.3, -0.25) is 14.3 Å². The number of aromatic nitrogens is 4. The number of aliphatic hydroxyl groups excluding tert-OH is 1. The Hall–Kier alpha value is -1.86. The molecular weight excluding hydrogens is 330 g/mol. The molecule has 26 heavy (non-hydrogen) atoms. The molecule has 2 atom stereocenters. The van der Waals surface area contributed by atoms with Gasteiger partial charge in [-0.2, -0.15) is 10.2 Å². The molecule has 3 heterocycles. The highest BCUT2D eigenvalue weighted by Gasteiger charge is 2.34. The van der Waals surface area contributed by atoms with E-state index in [1.165, 1.54) is 43.4 Å². The van der Waals surface area contributed by atoms with Crippen LogP contribution < -0.4 is 4.74 Å². The third kappa shape index (κ3) is 3.78. The number of aryl methyl sites for hydroxylation is 2. The summed E-state index contributed by atoms with van der Waals surface area (Å²) in [5, 5.41) is 19.3. The lowest BCUT2D eigenvalue weighted by Crippen LogP contribution is -2.29. The molecule has 0 aromatic carbocycles. The Morgan fingerprint density at radius 3 is 2.65 bits per heavy atom. The van der Waals surface area contributed by atoms with Crippen LogP contribution in [0.1, 0.15) is 49.3 Å². The molecule has 0 radical (unpaired) electrons. The van der Waals surface area contributed by atoms with Crippen molar-refractivity contribution in [2.45, 2.75) is 56.8 Å². The van der Waals surface area contributed by atoms with E-state index >= 15 is 0 Å². The first-order valence-corrected chi connectivity index (χ1v) is 9.66. The van der Waals surface area contributed by atoms with Gasteiger partial charge in [0.1, 0.15) is 12.2 Å². The highest BCUT2D eigenvalue weighted by atomic mass is 16.5. The fraction of sp³-hybridized carbons (Fsp3) is 0.684. The highest BCUT2D eigenvalue weighted by molar-refractivity contribution is 5.22. The van der Waals surface area contributed by atoms with Crippen LogP contribution in [0.2, 0.25) is 0 Å². The summed E-state index contributed by atoms with van der Waals surface area (Å²) in [4.78, 5) is 2.27. The Kier molecular flexibility index (Phi) is 5.00. The van der Waals surface area contributed by atoms with E-state index in [1.54, 1.807) is 10.9 Å². The lowest BCUT2D eigenvalue weighted by Gasteiger charge is -2.22. The molecule has 0 unspecified atom stereocenters. The predicted octanol–water partition coefficient (Wildman–Crippen LogP) is 1.83. The van der Waals surface area contributed by atoms with Crippen LogP contribution in [-0.2, 0) is 20.6 Å². The maximum Gasteiger partial charge on any atom is 0.157 e. The van der Waals surface area contributed by atoms with Gasteiger partial charge in [0.2, 0.25) is 0 Å².